The highest BCUT2D eigenvalue weighted by Crippen LogP contribution is 2.15. The van der Waals surface area contributed by atoms with Crippen molar-refractivity contribution in [2.45, 2.75) is 45.4 Å². The number of aryl methyl sites for hydroxylation is 2. The molecule has 0 saturated carbocycles. The van der Waals surface area contributed by atoms with Crippen molar-refractivity contribution in [3.63, 3.8) is 0 Å². The molecule has 0 fully saturated rings. The lowest BCUT2D eigenvalue weighted by molar-refractivity contribution is 0.318. The predicted octanol–water partition coefficient (Wildman–Crippen LogP) is 3.84. The van der Waals surface area contributed by atoms with Crippen LogP contribution in [0.25, 0.3) is 0 Å². The van der Waals surface area contributed by atoms with Gasteiger partial charge in [-0.3, -0.25) is 4.18 Å². The molecule has 0 aromatic heterocycles. The summed E-state index contributed by atoms with van der Waals surface area (Å²) in [7, 11) is -3.54. The number of unbranched alkanes of at least 4 members (excludes halogenated alkanes) is 2. The van der Waals surface area contributed by atoms with Crippen LogP contribution in [0.1, 0.15) is 43.7 Å². The molecule has 0 amide bonds. The third kappa shape index (κ3) is 6.35. The number of rotatable bonds is 10. The summed E-state index contributed by atoms with van der Waals surface area (Å²) in [6.45, 7) is 5.62. The Morgan fingerprint density at radius 1 is 1.10 bits per heavy atom. The lowest BCUT2D eigenvalue weighted by atomic mass is 9.98. The number of hydrogen-bond donors (Lipinski definition) is 0. The molecule has 0 aliphatic heterocycles. The van der Waals surface area contributed by atoms with Crippen molar-refractivity contribution in [3.05, 3.63) is 47.4 Å². The fraction of sp³-hybridized carbons (Fsp3) is 0.500. The van der Waals surface area contributed by atoms with Crippen LogP contribution in [0.5, 0.6) is 0 Å². The molecule has 1 aromatic rings. The summed E-state index contributed by atoms with van der Waals surface area (Å²) >= 11 is 0. The van der Waals surface area contributed by atoms with Gasteiger partial charge in [-0.25, -0.2) is 0 Å². The summed E-state index contributed by atoms with van der Waals surface area (Å²) in [6, 6.07) is 8.36. The smallest absolute Gasteiger partial charge is 0.267 e. The normalized spacial score (nSPS) is 11.4. The molecule has 1 rings (SSSR count). The van der Waals surface area contributed by atoms with Crippen LogP contribution in [0.4, 0.5) is 0 Å². The molecule has 0 unspecified atom stereocenters. The Morgan fingerprint density at radius 3 is 2.25 bits per heavy atom. The van der Waals surface area contributed by atoms with E-state index >= 15 is 0 Å². The molecule has 20 heavy (non-hydrogen) atoms. The van der Waals surface area contributed by atoms with E-state index in [9.17, 15) is 8.42 Å². The Bertz CT molecular complexity index is 506. The van der Waals surface area contributed by atoms with Crippen LogP contribution >= 0.6 is 0 Å². The van der Waals surface area contributed by atoms with E-state index in [1.807, 2.05) is 6.07 Å². The van der Waals surface area contributed by atoms with Gasteiger partial charge in [-0.2, -0.15) is 8.42 Å². The molecule has 0 radical (unpaired) electrons. The summed E-state index contributed by atoms with van der Waals surface area (Å²) in [5.74, 6) is 0. The van der Waals surface area contributed by atoms with Gasteiger partial charge in [0, 0.05) is 0 Å². The zero-order valence-electron chi connectivity index (χ0n) is 12.2. The zero-order chi connectivity index (χ0) is 14.8. The van der Waals surface area contributed by atoms with Crippen LogP contribution in [0.2, 0.25) is 0 Å². The Kier molecular flexibility index (Phi) is 7.55. The first kappa shape index (κ1) is 16.9. The highest BCUT2D eigenvalue weighted by atomic mass is 32.2. The van der Waals surface area contributed by atoms with Crippen molar-refractivity contribution in [2.24, 2.45) is 0 Å². The van der Waals surface area contributed by atoms with Gasteiger partial charge in [0.05, 0.1) is 12.0 Å². The van der Waals surface area contributed by atoms with Gasteiger partial charge in [0.1, 0.15) is 0 Å². The zero-order valence-corrected chi connectivity index (χ0v) is 13.0. The van der Waals surface area contributed by atoms with Gasteiger partial charge in [-0.1, -0.05) is 50.6 Å². The maximum absolute atomic E-state index is 11.1. The second kappa shape index (κ2) is 8.93. The van der Waals surface area contributed by atoms with Crippen molar-refractivity contribution in [2.75, 3.05) is 6.61 Å². The van der Waals surface area contributed by atoms with Crippen molar-refractivity contribution < 1.29 is 12.6 Å². The van der Waals surface area contributed by atoms with E-state index in [1.165, 1.54) is 30.4 Å². The van der Waals surface area contributed by atoms with E-state index in [2.05, 4.69) is 31.7 Å². The van der Waals surface area contributed by atoms with Gasteiger partial charge in [0.25, 0.3) is 10.1 Å². The van der Waals surface area contributed by atoms with Crippen LogP contribution in [0.15, 0.2) is 36.3 Å². The van der Waals surface area contributed by atoms with Crippen LogP contribution in [-0.2, 0) is 27.1 Å². The van der Waals surface area contributed by atoms with Crippen LogP contribution in [-0.4, -0.2) is 15.0 Å². The Hall–Kier alpha value is -1.13. The Morgan fingerprint density at radius 2 is 1.70 bits per heavy atom. The average molecular weight is 296 g/mol. The molecule has 0 atom stereocenters. The molecule has 0 heterocycles. The second-order valence-corrected chi connectivity index (χ2v) is 6.37. The largest absolute Gasteiger partial charge is 0.289 e. The molecule has 0 saturated heterocycles. The van der Waals surface area contributed by atoms with Crippen LogP contribution in [0.3, 0.4) is 0 Å². The van der Waals surface area contributed by atoms with E-state index in [0.717, 1.165) is 18.2 Å². The van der Waals surface area contributed by atoms with E-state index in [4.69, 9.17) is 4.18 Å². The minimum Gasteiger partial charge on any atom is -0.267 e. The summed E-state index contributed by atoms with van der Waals surface area (Å²) < 4.78 is 27.0. The molecular weight excluding hydrogens is 272 g/mol. The van der Waals surface area contributed by atoms with Gasteiger partial charge in [-0.15, -0.1) is 0 Å². The summed E-state index contributed by atoms with van der Waals surface area (Å²) in [5, 5.41) is 0.839. The predicted molar refractivity (Wildman–Crippen MR) is 83.1 cm³/mol. The first-order valence-corrected chi connectivity index (χ1v) is 8.65. The van der Waals surface area contributed by atoms with Crippen LogP contribution < -0.4 is 0 Å². The summed E-state index contributed by atoms with van der Waals surface area (Å²) in [6.07, 6.45) is 6.29. The van der Waals surface area contributed by atoms with Gasteiger partial charge < -0.3 is 0 Å². The molecule has 4 heteroatoms. The molecule has 112 valence electrons. The molecule has 1 aromatic carbocycles. The lowest BCUT2D eigenvalue weighted by Crippen LogP contribution is -2.04. The minimum absolute atomic E-state index is 0.206. The first-order valence-electron chi connectivity index (χ1n) is 7.17. The molecule has 3 nitrogen and oxygen atoms in total. The highest BCUT2D eigenvalue weighted by molar-refractivity contribution is 7.89. The monoisotopic (exact) mass is 296 g/mol. The molecule has 0 aliphatic rings. The molecular formula is C16H24O3S. The van der Waals surface area contributed by atoms with Crippen molar-refractivity contribution in [3.8, 4) is 0 Å². The van der Waals surface area contributed by atoms with Crippen molar-refractivity contribution in [1.82, 2.24) is 0 Å². The third-order valence-corrected chi connectivity index (χ3v) is 4.11. The number of benzene rings is 1. The maximum atomic E-state index is 11.1. The molecule has 0 bridgehead atoms. The standard InChI is InChI=1S/C16H24O3S/c1-3-5-6-10-15-11-7-8-12-16(15)13-9-14-19-20(17,18)4-2/h4,7-8,11-12H,2-3,5-6,9-10,13-14H2,1H3. The minimum atomic E-state index is -3.54. The number of hydrogen-bond acceptors (Lipinski definition) is 3. The summed E-state index contributed by atoms with van der Waals surface area (Å²) in [4.78, 5) is 0. The third-order valence-electron chi connectivity index (χ3n) is 3.21. The lowest BCUT2D eigenvalue weighted by Gasteiger charge is -2.09. The Labute approximate surface area is 122 Å². The fourth-order valence-corrected chi connectivity index (χ4v) is 2.54. The van der Waals surface area contributed by atoms with Crippen molar-refractivity contribution in [1.29, 1.82) is 0 Å². The molecule has 0 aliphatic carbocycles. The van der Waals surface area contributed by atoms with Gasteiger partial charge in [0.15, 0.2) is 0 Å². The fourth-order valence-electron chi connectivity index (χ4n) is 2.10. The van der Waals surface area contributed by atoms with Gasteiger partial charge in [0.2, 0.25) is 0 Å². The second-order valence-electron chi connectivity index (χ2n) is 4.81. The first-order chi connectivity index (χ1) is 9.59. The van der Waals surface area contributed by atoms with Crippen LogP contribution in [0, 0.1) is 0 Å². The van der Waals surface area contributed by atoms with Gasteiger partial charge >= 0.3 is 0 Å². The maximum Gasteiger partial charge on any atom is 0.289 e. The van der Waals surface area contributed by atoms with E-state index in [0.29, 0.717) is 6.42 Å². The summed E-state index contributed by atoms with van der Waals surface area (Å²) in [5.41, 5.74) is 2.66. The highest BCUT2D eigenvalue weighted by Gasteiger charge is 2.05. The quantitative estimate of drug-likeness (QED) is 0.486. The SMILES string of the molecule is C=CS(=O)(=O)OCCCc1ccccc1CCCCC. The Balaban J connectivity index is 2.45. The van der Waals surface area contributed by atoms with Gasteiger partial charge in [-0.05, 0) is 36.8 Å². The van der Waals surface area contributed by atoms with E-state index in [1.54, 1.807) is 0 Å². The molecule has 0 spiro atoms. The van der Waals surface area contributed by atoms with E-state index in [-0.39, 0.29) is 6.61 Å². The average Bonchev–Trinajstić information content (AvgIpc) is 2.45. The topological polar surface area (TPSA) is 43.4 Å². The molecule has 0 N–H and O–H groups in total. The van der Waals surface area contributed by atoms with Crippen molar-refractivity contribution >= 4 is 10.1 Å². The van der Waals surface area contributed by atoms with E-state index < -0.39 is 10.1 Å².